The molecule has 46 heavy (non-hydrogen) atoms. The molecule has 1 aliphatic carbocycles. The molecule has 2 N–H and O–H groups in total. The third-order valence-corrected chi connectivity index (χ3v) is 9.29. The number of hydrogen-bond acceptors (Lipinski definition) is 7. The van der Waals surface area contributed by atoms with Gasteiger partial charge in [-0.25, -0.2) is 9.37 Å². The second-order valence-electron chi connectivity index (χ2n) is 12.3. The molecule has 7 rings (SSSR count). The van der Waals surface area contributed by atoms with Crippen LogP contribution in [0.3, 0.4) is 0 Å². The maximum atomic E-state index is 15.3. The monoisotopic (exact) mass is 625 g/mol. The highest BCUT2D eigenvalue weighted by molar-refractivity contribution is 6.07. The van der Waals surface area contributed by atoms with Crippen molar-refractivity contribution in [3.05, 3.63) is 87.5 Å². The van der Waals surface area contributed by atoms with Crippen molar-refractivity contribution in [2.75, 3.05) is 48.3 Å². The number of aliphatic hydroxyl groups excluding tert-OH is 1. The maximum Gasteiger partial charge on any atom is 0.274 e. The summed E-state index contributed by atoms with van der Waals surface area (Å²) in [5, 5.41) is 13.7. The number of aliphatic hydroxyl groups is 1. The summed E-state index contributed by atoms with van der Waals surface area (Å²) in [5.74, 6) is -0.394. The highest BCUT2D eigenvalue weighted by Crippen LogP contribution is 2.37. The van der Waals surface area contributed by atoms with Crippen LogP contribution in [0, 0.1) is 5.82 Å². The maximum absolute atomic E-state index is 15.3. The molecule has 0 spiro atoms. The molecule has 0 unspecified atom stereocenters. The highest BCUT2D eigenvalue weighted by atomic mass is 19.1. The summed E-state index contributed by atoms with van der Waals surface area (Å²) in [6.45, 7) is 2.16. The Balaban J connectivity index is 1.20. The topological polar surface area (TPSA) is 116 Å². The van der Waals surface area contributed by atoms with Gasteiger partial charge in [0.25, 0.3) is 11.5 Å². The van der Waals surface area contributed by atoms with Crippen molar-refractivity contribution in [1.29, 1.82) is 0 Å². The van der Waals surface area contributed by atoms with E-state index in [1.54, 1.807) is 47.4 Å². The van der Waals surface area contributed by atoms with E-state index in [4.69, 9.17) is 0 Å². The average molecular weight is 626 g/mol. The van der Waals surface area contributed by atoms with Crippen LogP contribution in [0.25, 0.3) is 11.1 Å². The smallest absolute Gasteiger partial charge is 0.274 e. The summed E-state index contributed by atoms with van der Waals surface area (Å²) in [7, 11) is 3.50. The molecule has 0 atom stereocenters. The second kappa shape index (κ2) is 11.8. The molecule has 4 aromatic rings. The van der Waals surface area contributed by atoms with Crippen LogP contribution in [0.4, 0.5) is 27.3 Å². The summed E-state index contributed by atoms with van der Waals surface area (Å²) in [6, 6.07) is 9.64. The highest BCUT2D eigenvalue weighted by Gasteiger charge is 2.32. The van der Waals surface area contributed by atoms with E-state index >= 15 is 4.39 Å². The summed E-state index contributed by atoms with van der Waals surface area (Å²) in [4.78, 5) is 49.1. The van der Waals surface area contributed by atoms with Crippen molar-refractivity contribution in [3.8, 4) is 11.1 Å². The number of likely N-dealkylation sites (N-methyl/N-ethyl adjacent to an activating group) is 1. The minimum Gasteiger partial charge on any atom is -0.392 e. The Morgan fingerprint density at radius 1 is 0.957 bits per heavy atom. The first kappa shape index (κ1) is 29.9. The van der Waals surface area contributed by atoms with E-state index in [9.17, 15) is 19.5 Å². The van der Waals surface area contributed by atoms with Crippen LogP contribution in [-0.2, 0) is 37.8 Å². The minimum atomic E-state index is -0.561. The van der Waals surface area contributed by atoms with Gasteiger partial charge in [0.15, 0.2) is 0 Å². The lowest BCUT2D eigenvalue weighted by Crippen LogP contribution is -2.48. The number of anilines is 4. The first-order valence-corrected chi connectivity index (χ1v) is 15.6. The first-order valence-electron chi connectivity index (χ1n) is 15.6. The van der Waals surface area contributed by atoms with Gasteiger partial charge in [0.05, 0.1) is 30.7 Å². The molecule has 3 aliphatic rings. The van der Waals surface area contributed by atoms with Crippen LogP contribution in [0.5, 0.6) is 0 Å². The Morgan fingerprint density at radius 3 is 2.52 bits per heavy atom. The number of amides is 2. The molecule has 12 heteroatoms. The zero-order valence-electron chi connectivity index (χ0n) is 25.9. The summed E-state index contributed by atoms with van der Waals surface area (Å²) in [6.07, 6.45) is 7.28. The number of aryl methyl sites for hydroxylation is 2. The minimum absolute atomic E-state index is 0.00804. The van der Waals surface area contributed by atoms with Gasteiger partial charge in [-0.05, 0) is 80.3 Å². The first-order chi connectivity index (χ1) is 22.2. The Morgan fingerprint density at radius 2 is 1.76 bits per heavy atom. The summed E-state index contributed by atoms with van der Waals surface area (Å²) in [5.41, 5.74) is 5.13. The van der Waals surface area contributed by atoms with Gasteiger partial charge in [-0.15, -0.1) is 0 Å². The number of carbonyl (C=O) groups excluding carboxylic acids is 2. The van der Waals surface area contributed by atoms with Crippen LogP contribution in [0.1, 0.15) is 40.2 Å². The predicted molar refractivity (Wildman–Crippen MR) is 173 cm³/mol. The molecule has 5 heterocycles. The van der Waals surface area contributed by atoms with Gasteiger partial charge in [-0.1, -0.05) is 0 Å². The predicted octanol–water partition coefficient (Wildman–Crippen LogP) is 3.44. The van der Waals surface area contributed by atoms with Crippen LogP contribution in [0.15, 0.2) is 53.6 Å². The summed E-state index contributed by atoms with van der Waals surface area (Å²) >= 11 is 0. The van der Waals surface area contributed by atoms with E-state index in [0.717, 1.165) is 32.2 Å². The van der Waals surface area contributed by atoms with Crippen LogP contribution >= 0.6 is 0 Å². The molecular formula is C34H36FN7O4. The lowest BCUT2D eigenvalue weighted by molar-refractivity contribution is -0.120. The second-order valence-corrected chi connectivity index (χ2v) is 12.3. The molecule has 2 amide bonds. The van der Waals surface area contributed by atoms with E-state index in [0.29, 0.717) is 65.8 Å². The number of pyridine rings is 2. The number of rotatable bonds is 6. The van der Waals surface area contributed by atoms with Crippen molar-refractivity contribution in [1.82, 2.24) is 19.0 Å². The molecule has 1 aromatic carbocycles. The Hall–Kier alpha value is -4.81. The molecular weight excluding hydrogens is 589 g/mol. The van der Waals surface area contributed by atoms with Crippen molar-refractivity contribution in [3.63, 3.8) is 0 Å². The lowest BCUT2D eigenvalue weighted by Gasteiger charge is -2.32. The Bertz CT molecular complexity index is 1920. The molecule has 0 radical (unpaired) electrons. The number of nitrogens with zero attached hydrogens (tertiary/aromatic N) is 6. The number of carbonyl (C=O) groups is 2. The van der Waals surface area contributed by atoms with E-state index in [1.165, 1.54) is 28.0 Å². The van der Waals surface area contributed by atoms with Gasteiger partial charge < -0.3 is 29.4 Å². The lowest BCUT2D eigenvalue weighted by atomic mass is 9.97. The molecule has 1 saturated heterocycles. The normalized spacial score (nSPS) is 16.9. The van der Waals surface area contributed by atoms with E-state index in [1.807, 2.05) is 18.0 Å². The van der Waals surface area contributed by atoms with Gasteiger partial charge in [-0.3, -0.25) is 19.3 Å². The largest absolute Gasteiger partial charge is 0.392 e. The Kier molecular flexibility index (Phi) is 7.69. The van der Waals surface area contributed by atoms with Gasteiger partial charge in [0, 0.05) is 56.2 Å². The molecule has 3 aromatic heterocycles. The number of hydrogen-bond donors (Lipinski definition) is 2. The number of aromatic nitrogens is 3. The number of benzene rings is 1. The molecule has 0 saturated carbocycles. The average Bonchev–Trinajstić information content (AvgIpc) is 3.43. The fourth-order valence-electron chi connectivity index (χ4n) is 6.92. The van der Waals surface area contributed by atoms with Crippen molar-refractivity contribution >= 4 is 34.7 Å². The van der Waals surface area contributed by atoms with E-state index in [2.05, 4.69) is 14.9 Å². The van der Waals surface area contributed by atoms with Crippen molar-refractivity contribution in [2.24, 2.45) is 7.05 Å². The third kappa shape index (κ3) is 5.27. The third-order valence-electron chi connectivity index (χ3n) is 9.29. The summed E-state index contributed by atoms with van der Waals surface area (Å²) < 4.78 is 18.8. The van der Waals surface area contributed by atoms with E-state index < -0.39 is 12.4 Å². The molecule has 1 fully saturated rings. The van der Waals surface area contributed by atoms with Gasteiger partial charge >= 0.3 is 0 Å². The van der Waals surface area contributed by atoms with Crippen LogP contribution in [-0.4, -0.2) is 69.2 Å². The SMILES string of the molecule is CN1CCN(c2ccc(Nc3cc(-c4cc(F)cc(N5CCn6c(cc7c6CCCC7)C5=O)c4CO)cn(C)c3=O)nc2)C(=O)C1. The van der Waals surface area contributed by atoms with E-state index in [-0.39, 0.29) is 23.1 Å². The fourth-order valence-corrected chi connectivity index (χ4v) is 6.92. The number of nitrogens with one attached hydrogen (secondary N) is 1. The Labute approximate surface area is 265 Å². The number of piperazine rings is 1. The van der Waals surface area contributed by atoms with Crippen molar-refractivity contribution in [2.45, 2.75) is 38.8 Å². The van der Waals surface area contributed by atoms with Gasteiger partial charge in [-0.2, -0.15) is 0 Å². The zero-order valence-corrected chi connectivity index (χ0v) is 25.9. The fraction of sp³-hybridized carbons (Fsp3) is 0.353. The van der Waals surface area contributed by atoms with Gasteiger partial charge in [0.1, 0.15) is 23.0 Å². The van der Waals surface area contributed by atoms with Crippen LogP contribution < -0.4 is 20.7 Å². The number of fused-ring (bicyclic) bond motifs is 3. The molecule has 238 valence electrons. The molecule has 11 nitrogen and oxygen atoms in total. The van der Waals surface area contributed by atoms with Crippen LogP contribution in [0.2, 0.25) is 0 Å². The number of halogens is 1. The van der Waals surface area contributed by atoms with Gasteiger partial charge in [0.2, 0.25) is 5.91 Å². The zero-order chi connectivity index (χ0) is 32.1. The molecule has 0 bridgehead atoms. The van der Waals surface area contributed by atoms with Crippen molar-refractivity contribution < 1.29 is 19.1 Å². The quantitative estimate of drug-likeness (QED) is 0.337. The molecule has 2 aliphatic heterocycles. The standard InChI is InChI=1S/C34H36FN7O4/c1-38-9-10-40(32(44)19-38)24-7-8-31(36-17-24)37-27-13-22(18-39(2)33(27)45)25-15-23(35)16-29(26(25)20-43)42-12-11-41-28-6-4-3-5-21(28)14-30(41)34(42)46/h7-8,13-18,43H,3-6,9-12,19-20H2,1-2H3,(H,36,37).